The summed E-state index contributed by atoms with van der Waals surface area (Å²) in [5.74, 6) is -1.66. The van der Waals surface area contributed by atoms with Gasteiger partial charge in [0.05, 0.1) is 16.4 Å². The summed E-state index contributed by atoms with van der Waals surface area (Å²) in [5, 5.41) is 0.312. The number of halogens is 1. The molecule has 2 aliphatic rings. The Morgan fingerprint density at radius 1 is 1.05 bits per heavy atom. The number of rotatable bonds is 5. The Morgan fingerprint density at radius 3 is 2.30 bits per heavy atom. The summed E-state index contributed by atoms with van der Waals surface area (Å²) in [4.78, 5) is 27.6. The van der Waals surface area contributed by atoms with Crippen LogP contribution in [0.1, 0.15) is 51.3 Å². The zero-order chi connectivity index (χ0) is 27.2. The fourth-order valence-corrected chi connectivity index (χ4v) is 7.54. The molecule has 4 rings (SSSR count). The Bertz CT molecular complexity index is 1370. The molecule has 0 bridgehead atoms. The number of benzene rings is 2. The summed E-state index contributed by atoms with van der Waals surface area (Å²) in [5.41, 5.74) is -0.870. The predicted octanol–water partition coefficient (Wildman–Crippen LogP) is 5.81. The van der Waals surface area contributed by atoms with Crippen molar-refractivity contribution in [1.29, 1.82) is 0 Å². The van der Waals surface area contributed by atoms with Crippen molar-refractivity contribution in [3.63, 3.8) is 0 Å². The molecule has 1 saturated heterocycles. The molecule has 1 fully saturated rings. The van der Waals surface area contributed by atoms with Crippen molar-refractivity contribution < 1.29 is 22.7 Å². The molecule has 2 aromatic carbocycles. The molecular weight excluding hydrogens is 510 g/mol. The van der Waals surface area contributed by atoms with Gasteiger partial charge in [-0.25, -0.2) is 8.42 Å². The Kier molecular flexibility index (Phi) is 7.27. The van der Waals surface area contributed by atoms with Gasteiger partial charge in [0.25, 0.3) is 0 Å². The van der Waals surface area contributed by atoms with Crippen LogP contribution in [-0.2, 0) is 24.3 Å². The van der Waals surface area contributed by atoms with Crippen molar-refractivity contribution in [3.8, 4) is 0 Å². The summed E-state index contributed by atoms with van der Waals surface area (Å²) < 4.78 is 35.9. The highest BCUT2D eigenvalue weighted by atomic mass is 35.5. The fourth-order valence-electron chi connectivity index (χ4n) is 5.48. The number of esters is 1. The Morgan fingerprint density at radius 2 is 1.70 bits per heavy atom. The van der Waals surface area contributed by atoms with Gasteiger partial charge in [-0.3, -0.25) is 9.59 Å². The van der Waals surface area contributed by atoms with E-state index in [0.29, 0.717) is 17.0 Å². The van der Waals surface area contributed by atoms with E-state index < -0.39 is 45.0 Å². The van der Waals surface area contributed by atoms with Crippen molar-refractivity contribution in [3.05, 3.63) is 89.0 Å². The SMILES string of the molecule is CC(=O)[C@@]12C=CC=CC[C@@H]1[C@@H](C(=O)OC(C)(C)C)N(S(=O)(=O)c1ccc(C)cc1)[C@H]2c1ccccc1Cl. The topological polar surface area (TPSA) is 80.8 Å². The van der Waals surface area contributed by atoms with Crippen LogP contribution in [0.15, 0.2) is 77.7 Å². The molecule has 0 amide bonds. The lowest BCUT2D eigenvalue weighted by molar-refractivity contribution is -0.160. The molecule has 0 aromatic heterocycles. The number of Topliss-reactive ketones (excluding diaryl/α,β-unsaturated/α-hetero) is 1. The van der Waals surface area contributed by atoms with Crippen LogP contribution in [0.4, 0.5) is 0 Å². The smallest absolute Gasteiger partial charge is 0.325 e. The number of allylic oxidation sites excluding steroid dienone is 3. The van der Waals surface area contributed by atoms with Gasteiger partial charge < -0.3 is 4.74 Å². The number of ether oxygens (including phenoxy) is 1. The molecule has 4 atom stereocenters. The number of hydrogen-bond acceptors (Lipinski definition) is 5. The second-order valence-electron chi connectivity index (χ2n) is 10.7. The largest absolute Gasteiger partial charge is 0.459 e. The van der Waals surface area contributed by atoms with Gasteiger partial charge >= 0.3 is 5.97 Å². The Labute approximate surface area is 224 Å². The molecule has 6 nitrogen and oxygen atoms in total. The van der Waals surface area contributed by atoms with Crippen molar-refractivity contribution in [2.45, 2.75) is 63.6 Å². The van der Waals surface area contributed by atoms with Gasteiger partial charge in [0.2, 0.25) is 10.0 Å². The standard InChI is InChI=1S/C29H32ClNO5S/c1-19-14-16-21(17-15-19)37(34,35)31-25(27(33)36-28(3,4)5)23-12-7-6-10-18-29(23,20(2)32)26(31)22-11-8-9-13-24(22)30/h6-11,13-18,23,25-26H,12H2,1-5H3/t23-,25+,26+,29+/m1/s1. The monoisotopic (exact) mass is 541 g/mol. The van der Waals surface area contributed by atoms with E-state index in [9.17, 15) is 18.0 Å². The zero-order valence-electron chi connectivity index (χ0n) is 21.6. The molecule has 0 saturated carbocycles. The van der Waals surface area contributed by atoms with Gasteiger partial charge in [-0.05, 0) is 64.8 Å². The first-order chi connectivity index (χ1) is 17.3. The second-order valence-corrected chi connectivity index (χ2v) is 12.9. The quantitative estimate of drug-likeness (QED) is 0.446. The van der Waals surface area contributed by atoms with Crippen molar-refractivity contribution in [2.75, 3.05) is 0 Å². The summed E-state index contributed by atoms with van der Waals surface area (Å²) in [6.45, 7) is 8.50. The number of carbonyl (C=O) groups excluding carboxylic acids is 2. The van der Waals surface area contributed by atoms with Crippen LogP contribution in [0.25, 0.3) is 0 Å². The molecular formula is C29H32ClNO5S. The van der Waals surface area contributed by atoms with E-state index >= 15 is 0 Å². The third kappa shape index (κ3) is 4.80. The highest BCUT2D eigenvalue weighted by Gasteiger charge is 2.66. The number of aryl methyl sites for hydroxylation is 1. The molecule has 1 aliphatic heterocycles. The van der Waals surface area contributed by atoms with Crippen LogP contribution < -0.4 is 0 Å². The van der Waals surface area contributed by atoms with E-state index in [1.165, 1.54) is 23.4 Å². The average molecular weight is 542 g/mol. The van der Waals surface area contributed by atoms with Gasteiger partial charge in [0.15, 0.2) is 0 Å². The molecule has 0 radical (unpaired) electrons. The van der Waals surface area contributed by atoms with E-state index in [1.807, 2.05) is 19.1 Å². The molecule has 37 heavy (non-hydrogen) atoms. The van der Waals surface area contributed by atoms with Crippen molar-refractivity contribution in [2.24, 2.45) is 11.3 Å². The summed E-state index contributed by atoms with van der Waals surface area (Å²) in [6.07, 6.45) is 7.46. The fraction of sp³-hybridized carbons (Fsp3) is 0.379. The predicted molar refractivity (Wildman–Crippen MR) is 144 cm³/mol. The molecule has 0 N–H and O–H groups in total. The summed E-state index contributed by atoms with van der Waals surface area (Å²) in [6, 6.07) is 11.0. The average Bonchev–Trinajstić information content (AvgIpc) is 2.93. The van der Waals surface area contributed by atoms with Crippen LogP contribution >= 0.6 is 11.6 Å². The van der Waals surface area contributed by atoms with Crippen molar-refractivity contribution in [1.82, 2.24) is 4.31 Å². The van der Waals surface area contributed by atoms with Gasteiger partial charge in [0.1, 0.15) is 17.4 Å². The number of nitrogens with zero attached hydrogens (tertiary/aromatic N) is 1. The molecule has 8 heteroatoms. The third-order valence-electron chi connectivity index (χ3n) is 7.04. The van der Waals surface area contributed by atoms with Crippen LogP contribution in [0.2, 0.25) is 5.02 Å². The summed E-state index contributed by atoms with van der Waals surface area (Å²) in [7, 11) is -4.30. The maximum atomic E-state index is 14.4. The maximum absolute atomic E-state index is 14.4. The Hall–Kier alpha value is -2.74. The highest BCUT2D eigenvalue weighted by molar-refractivity contribution is 7.89. The Balaban J connectivity index is 2.08. The van der Waals surface area contributed by atoms with Gasteiger partial charge in [-0.1, -0.05) is 71.8 Å². The van der Waals surface area contributed by atoms with E-state index in [1.54, 1.807) is 69.3 Å². The van der Waals surface area contributed by atoms with Gasteiger partial charge in [0, 0.05) is 10.9 Å². The first-order valence-corrected chi connectivity index (χ1v) is 14.1. The van der Waals surface area contributed by atoms with E-state index in [0.717, 1.165) is 5.56 Å². The number of ketones is 1. The second kappa shape index (κ2) is 9.86. The van der Waals surface area contributed by atoms with Crippen LogP contribution in [0.3, 0.4) is 0 Å². The van der Waals surface area contributed by atoms with Crippen LogP contribution in [0.5, 0.6) is 0 Å². The first kappa shape index (κ1) is 27.3. The number of sulfonamides is 1. The molecule has 0 unspecified atom stereocenters. The van der Waals surface area contributed by atoms with Gasteiger partial charge in [-0.2, -0.15) is 4.31 Å². The zero-order valence-corrected chi connectivity index (χ0v) is 23.2. The van der Waals surface area contributed by atoms with E-state index in [4.69, 9.17) is 16.3 Å². The van der Waals surface area contributed by atoms with Gasteiger partial charge in [-0.15, -0.1) is 0 Å². The summed E-state index contributed by atoms with van der Waals surface area (Å²) >= 11 is 6.67. The normalized spacial score (nSPS) is 25.9. The minimum absolute atomic E-state index is 0.0263. The number of fused-ring (bicyclic) bond motifs is 1. The van der Waals surface area contributed by atoms with E-state index in [-0.39, 0.29) is 10.7 Å². The first-order valence-electron chi connectivity index (χ1n) is 12.2. The minimum atomic E-state index is -4.30. The lowest BCUT2D eigenvalue weighted by Gasteiger charge is -2.36. The molecule has 1 heterocycles. The third-order valence-corrected chi connectivity index (χ3v) is 9.24. The van der Waals surface area contributed by atoms with Crippen molar-refractivity contribution >= 4 is 33.4 Å². The molecule has 0 spiro atoms. The number of carbonyl (C=O) groups is 2. The minimum Gasteiger partial charge on any atom is -0.459 e. The lowest BCUT2D eigenvalue weighted by atomic mass is 9.66. The highest BCUT2D eigenvalue weighted by Crippen LogP contribution is 2.60. The lowest BCUT2D eigenvalue weighted by Crippen LogP contribution is -2.46. The molecule has 2 aromatic rings. The maximum Gasteiger partial charge on any atom is 0.325 e. The van der Waals surface area contributed by atoms with E-state index in [2.05, 4.69) is 0 Å². The van der Waals surface area contributed by atoms with Crippen LogP contribution in [-0.4, -0.2) is 36.1 Å². The number of hydrogen-bond donors (Lipinski definition) is 0. The van der Waals surface area contributed by atoms with Crippen LogP contribution in [0, 0.1) is 18.3 Å². The molecule has 1 aliphatic carbocycles. The molecule has 196 valence electrons.